The van der Waals surface area contributed by atoms with Crippen molar-refractivity contribution in [3.8, 4) is 11.8 Å². The van der Waals surface area contributed by atoms with Gasteiger partial charge in [0.1, 0.15) is 0 Å². The van der Waals surface area contributed by atoms with Gasteiger partial charge in [-0.25, -0.2) is 0 Å². The summed E-state index contributed by atoms with van der Waals surface area (Å²) < 4.78 is 0. The maximum atomic E-state index is 5.35. The van der Waals surface area contributed by atoms with Gasteiger partial charge in [-0.1, -0.05) is 48.2 Å². The molecule has 0 saturated carbocycles. The molecule has 0 radical (unpaired) electrons. The van der Waals surface area contributed by atoms with E-state index in [1.54, 1.807) is 0 Å². The fraction of sp³-hybridized carbons (Fsp3) is 0.0769. The van der Waals surface area contributed by atoms with Crippen LogP contribution in [0.4, 0.5) is 0 Å². The van der Waals surface area contributed by atoms with E-state index in [1.807, 2.05) is 24.3 Å². The highest BCUT2D eigenvalue weighted by molar-refractivity contribution is 5.88. The van der Waals surface area contributed by atoms with Crippen molar-refractivity contribution >= 4 is 23.2 Å². The van der Waals surface area contributed by atoms with E-state index < -0.39 is 0 Å². The summed E-state index contributed by atoms with van der Waals surface area (Å²) in [6, 6.07) is 14.3. The van der Waals surface area contributed by atoms with Gasteiger partial charge in [-0.2, -0.15) is 0 Å². The van der Waals surface area contributed by atoms with Gasteiger partial charge >= 0.3 is 0 Å². The molecule has 0 fully saturated rings. The molecule has 0 spiro atoms. The van der Waals surface area contributed by atoms with Gasteiger partial charge in [-0.15, -0.1) is 12.4 Å². The molecule has 0 saturated heterocycles. The molecule has 2 aromatic rings. The van der Waals surface area contributed by atoms with Gasteiger partial charge in [0.2, 0.25) is 0 Å². The van der Waals surface area contributed by atoms with Gasteiger partial charge in [0.05, 0.1) is 6.54 Å². The Kier molecular flexibility index (Phi) is 4.17. The molecule has 1 nitrogen and oxygen atoms in total. The van der Waals surface area contributed by atoms with E-state index in [-0.39, 0.29) is 12.4 Å². The molecule has 0 heterocycles. The van der Waals surface area contributed by atoms with Crippen LogP contribution in [0.15, 0.2) is 42.5 Å². The van der Waals surface area contributed by atoms with Gasteiger partial charge in [0, 0.05) is 5.56 Å². The van der Waals surface area contributed by atoms with Crippen LogP contribution in [0.2, 0.25) is 0 Å². The van der Waals surface area contributed by atoms with E-state index >= 15 is 0 Å². The molecule has 15 heavy (non-hydrogen) atoms. The van der Waals surface area contributed by atoms with Crippen molar-refractivity contribution in [1.82, 2.24) is 0 Å². The van der Waals surface area contributed by atoms with Crippen LogP contribution >= 0.6 is 12.4 Å². The highest BCUT2D eigenvalue weighted by atomic mass is 35.5. The van der Waals surface area contributed by atoms with E-state index in [4.69, 9.17) is 5.73 Å². The largest absolute Gasteiger partial charge is 0.320 e. The van der Waals surface area contributed by atoms with Crippen LogP contribution in [-0.4, -0.2) is 6.54 Å². The quantitative estimate of drug-likeness (QED) is 0.675. The predicted octanol–water partition coefficient (Wildman–Crippen LogP) is 2.57. The Morgan fingerprint density at radius 3 is 2.53 bits per heavy atom. The Labute approximate surface area is 95.7 Å². The zero-order valence-electron chi connectivity index (χ0n) is 8.23. The average molecular weight is 218 g/mol. The summed E-state index contributed by atoms with van der Waals surface area (Å²) in [5, 5.41) is 2.41. The summed E-state index contributed by atoms with van der Waals surface area (Å²) in [6.07, 6.45) is 0. The van der Waals surface area contributed by atoms with Crippen molar-refractivity contribution in [2.24, 2.45) is 5.73 Å². The summed E-state index contributed by atoms with van der Waals surface area (Å²) in [5.41, 5.74) is 6.40. The minimum absolute atomic E-state index is 0. The molecule has 2 N–H and O–H groups in total. The molecular weight excluding hydrogens is 206 g/mol. The molecule has 2 heteroatoms. The first-order valence-electron chi connectivity index (χ1n) is 4.58. The highest BCUT2D eigenvalue weighted by Crippen LogP contribution is 2.17. The topological polar surface area (TPSA) is 26.0 Å². The highest BCUT2D eigenvalue weighted by Gasteiger charge is 1.95. The smallest absolute Gasteiger partial charge is 0.0555 e. The molecule has 0 bridgehead atoms. The van der Waals surface area contributed by atoms with Crippen LogP contribution in [-0.2, 0) is 0 Å². The van der Waals surface area contributed by atoms with Crippen LogP contribution in [0.1, 0.15) is 5.56 Å². The van der Waals surface area contributed by atoms with Crippen molar-refractivity contribution in [3.63, 3.8) is 0 Å². The second-order valence-electron chi connectivity index (χ2n) is 3.03. The summed E-state index contributed by atoms with van der Waals surface area (Å²) in [4.78, 5) is 0. The predicted molar refractivity (Wildman–Crippen MR) is 67.1 cm³/mol. The second kappa shape index (κ2) is 5.41. The molecule has 0 aromatic heterocycles. The third-order valence-electron chi connectivity index (χ3n) is 2.11. The molecular formula is C13H12ClN. The van der Waals surface area contributed by atoms with Gasteiger partial charge in [0.25, 0.3) is 0 Å². The lowest BCUT2D eigenvalue weighted by Crippen LogP contribution is -1.93. The third-order valence-corrected chi connectivity index (χ3v) is 2.11. The zero-order valence-corrected chi connectivity index (χ0v) is 9.05. The Morgan fingerprint density at radius 2 is 1.73 bits per heavy atom. The fourth-order valence-electron chi connectivity index (χ4n) is 1.48. The SMILES string of the molecule is Cl.NCC#Cc1cccc2ccccc12. The summed E-state index contributed by atoms with van der Waals surface area (Å²) in [7, 11) is 0. The first kappa shape index (κ1) is 11.6. The maximum absolute atomic E-state index is 5.35. The Hall–Kier alpha value is -1.49. The van der Waals surface area contributed by atoms with Crippen LogP contribution in [0, 0.1) is 11.8 Å². The number of rotatable bonds is 0. The van der Waals surface area contributed by atoms with Crippen molar-refractivity contribution in [1.29, 1.82) is 0 Å². The molecule has 2 rings (SSSR count). The summed E-state index contributed by atoms with van der Waals surface area (Å²) >= 11 is 0. The van der Waals surface area contributed by atoms with Crippen LogP contribution in [0.5, 0.6) is 0 Å². The lowest BCUT2D eigenvalue weighted by Gasteiger charge is -1.98. The number of benzene rings is 2. The summed E-state index contributed by atoms with van der Waals surface area (Å²) in [6.45, 7) is 0.406. The molecule has 0 amide bonds. The lowest BCUT2D eigenvalue weighted by molar-refractivity contribution is 1.30. The fourth-order valence-corrected chi connectivity index (χ4v) is 1.48. The van der Waals surface area contributed by atoms with Gasteiger partial charge < -0.3 is 5.73 Å². The Morgan fingerprint density at radius 1 is 1.00 bits per heavy atom. The minimum atomic E-state index is 0. The second-order valence-corrected chi connectivity index (χ2v) is 3.03. The van der Waals surface area contributed by atoms with Gasteiger partial charge in [-0.3, -0.25) is 0 Å². The van der Waals surface area contributed by atoms with Crippen molar-refractivity contribution in [2.45, 2.75) is 0 Å². The van der Waals surface area contributed by atoms with Crippen LogP contribution < -0.4 is 5.73 Å². The standard InChI is InChI=1S/C13H11N.ClH/c14-10-4-8-12-7-3-6-11-5-1-2-9-13(11)12;/h1-3,5-7,9H,10,14H2;1H. The third kappa shape index (κ3) is 2.50. The maximum Gasteiger partial charge on any atom is 0.0555 e. The first-order valence-corrected chi connectivity index (χ1v) is 4.58. The minimum Gasteiger partial charge on any atom is -0.320 e. The van der Waals surface area contributed by atoms with Gasteiger partial charge in [-0.05, 0) is 16.8 Å². The van der Waals surface area contributed by atoms with Crippen molar-refractivity contribution < 1.29 is 0 Å². The number of nitrogens with two attached hydrogens (primary N) is 1. The van der Waals surface area contributed by atoms with Crippen molar-refractivity contribution in [3.05, 3.63) is 48.0 Å². The molecule has 0 atom stereocenters. The van der Waals surface area contributed by atoms with E-state index in [0.717, 1.165) is 5.56 Å². The van der Waals surface area contributed by atoms with Crippen molar-refractivity contribution in [2.75, 3.05) is 6.54 Å². The Bertz CT molecular complexity index is 503. The molecule has 0 aliphatic heterocycles. The van der Waals surface area contributed by atoms with E-state index in [2.05, 4.69) is 30.0 Å². The molecule has 0 aliphatic carbocycles. The lowest BCUT2D eigenvalue weighted by atomic mass is 10.1. The summed E-state index contributed by atoms with van der Waals surface area (Å²) in [5.74, 6) is 5.95. The van der Waals surface area contributed by atoms with Gasteiger partial charge in [0.15, 0.2) is 0 Å². The Balaban J connectivity index is 0.00000112. The molecule has 0 unspecified atom stereocenters. The van der Waals surface area contributed by atoms with E-state index in [1.165, 1.54) is 10.8 Å². The van der Waals surface area contributed by atoms with E-state index in [0.29, 0.717) is 6.54 Å². The molecule has 0 aliphatic rings. The van der Waals surface area contributed by atoms with Crippen LogP contribution in [0.25, 0.3) is 10.8 Å². The normalized spacial score (nSPS) is 8.87. The number of halogens is 1. The first-order chi connectivity index (χ1) is 6.92. The number of hydrogen-bond donors (Lipinski definition) is 1. The van der Waals surface area contributed by atoms with Crippen LogP contribution in [0.3, 0.4) is 0 Å². The number of hydrogen-bond acceptors (Lipinski definition) is 1. The van der Waals surface area contributed by atoms with E-state index in [9.17, 15) is 0 Å². The molecule has 2 aromatic carbocycles. The monoisotopic (exact) mass is 217 g/mol. The zero-order chi connectivity index (χ0) is 9.80. The number of fused-ring (bicyclic) bond motifs is 1. The molecule has 76 valence electrons. The average Bonchev–Trinajstić information content (AvgIpc) is 2.26.